The normalized spacial score (nSPS) is 23.4. The van der Waals surface area contributed by atoms with Gasteiger partial charge in [-0.1, -0.05) is 15.9 Å². The molecule has 1 aliphatic heterocycles. The Morgan fingerprint density at radius 3 is 3.00 bits per heavy atom. The van der Waals surface area contributed by atoms with Crippen LogP contribution in [0.3, 0.4) is 0 Å². The molecule has 0 spiro atoms. The molecule has 1 amide bonds. The number of carbonyl (C=O) groups excluding carboxylic acids is 1. The number of carbonyl (C=O) groups is 1. The number of hydrogen-bond donors (Lipinski definition) is 1. The van der Waals surface area contributed by atoms with Crippen molar-refractivity contribution in [2.24, 2.45) is 0 Å². The highest BCUT2D eigenvalue weighted by Crippen LogP contribution is 2.23. The van der Waals surface area contributed by atoms with Crippen LogP contribution in [0.5, 0.6) is 5.75 Å². The van der Waals surface area contributed by atoms with Gasteiger partial charge in [-0.2, -0.15) is 0 Å². The highest BCUT2D eigenvalue weighted by Gasteiger charge is 2.29. The summed E-state index contributed by atoms with van der Waals surface area (Å²) in [6, 6.07) is 5.06. The average molecular weight is 440 g/mol. The van der Waals surface area contributed by atoms with E-state index in [-0.39, 0.29) is 23.8 Å². The summed E-state index contributed by atoms with van der Waals surface area (Å²) in [4.78, 5) is 14.3. The molecular formula is C13H15BrINO3. The molecule has 2 atom stereocenters. The van der Waals surface area contributed by atoms with Gasteiger partial charge in [0.25, 0.3) is 5.91 Å². The first-order valence-corrected chi connectivity index (χ1v) is 8.20. The summed E-state index contributed by atoms with van der Waals surface area (Å²) in [6.45, 7) is 3.07. The number of aromatic hydroxyl groups is 1. The van der Waals surface area contributed by atoms with Crippen molar-refractivity contribution >= 4 is 44.4 Å². The largest absolute Gasteiger partial charge is 0.507 e. The number of hydrogen-bond acceptors (Lipinski definition) is 3. The van der Waals surface area contributed by atoms with Crippen molar-refractivity contribution in [3.63, 3.8) is 0 Å². The predicted octanol–water partition coefficient (Wildman–Crippen LogP) is 2.62. The van der Waals surface area contributed by atoms with Crippen LogP contribution in [0.15, 0.2) is 18.2 Å². The van der Waals surface area contributed by atoms with Crippen LogP contribution in [-0.4, -0.2) is 46.5 Å². The quantitative estimate of drug-likeness (QED) is 0.569. The lowest BCUT2D eigenvalue weighted by atomic mass is 10.1. The van der Waals surface area contributed by atoms with Crippen molar-refractivity contribution in [3.05, 3.63) is 27.3 Å². The Hall–Kier alpha value is -0.340. The van der Waals surface area contributed by atoms with E-state index in [0.717, 1.165) is 3.57 Å². The van der Waals surface area contributed by atoms with Crippen LogP contribution < -0.4 is 0 Å². The Balaban J connectivity index is 2.19. The zero-order valence-electron chi connectivity index (χ0n) is 10.5. The maximum atomic E-state index is 12.5. The highest BCUT2D eigenvalue weighted by atomic mass is 127. The van der Waals surface area contributed by atoms with Gasteiger partial charge in [-0.05, 0) is 47.7 Å². The molecule has 0 bridgehead atoms. The van der Waals surface area contributed by atoms with Gasteiger partial charge in [0.1, 0.15) is 5.75 Å². The molecule has 2 unspecified atom stereocenters. The number of halogens is 2. The molecule has 1 saturated heterocycles. The maximum Gasteiger partial charge on any atom is 0.254 e. The topological polar surface area (TPSA) is 49.8 Å². The van der Waals surface area contributed by atoms with Crippen LogP contribution >= 0.6 is 38.5 Å². The zero-order chi connectivity index (χ0) is 14.0. The number of benzene rings is 1. The summed E-state index contributed by atoms with van der Waals surface area (Å²) in [6.07, 6.45) is 0.0256. The first kappa shape index (κ1) is 15.1. The Bertz CT molecular complexity index is 483. The molecule has 2 rings (SSSR count). The van der Waals surface area contributed by atoms with Crippen molar-refractivity contribution < 1.29 is 14.6 Å². The van der Waals surface area contributed by atoms with Gasteiger partial charge >= 0.3 is 0 Å². The molecule has 19 heavy (non-hydrogen) atoms. The SMILES string of the molecule is CC1COC(CBr)CN1C(=O)c1ccc(I)c(O)c1. The van der Waals surface area contributed by atoms with Crippen LogP contribution in [0.25, 0.3) is 0 Å². The van der Waals surface area contributed by atoms with Gasteiger partial charge < -0.3 is 14.7 Å². The van der Waals surface area contributed by atoms with E-state index in [0.29, 0.717) is 24.0 Å². The number of morpholine rings is 1. The third kappa shape index (κ3) is 3.41. The second kappa shape index (κ2) is 6.41. The molecule has 6 heteroatoms. The summed E-state index contributed by atoms with van der Waals surface area (Å²) in [5, 5.41) is 10.4. The molecule has 1 N–H and O–H groups in total. The van der Waals surface area contributed by atoms with Gasteiger partial charge in [0.2, 0.25) is 0 Å². The molecule has 104 valence electrons. The Morgan fingerprint density at radius 1 is 1.63 bits per heavy atom. The monoisotopic (exact) mass is 439 g/mol. The number of phenols is 1. The molecule has 0 saturated carbocycles. The van der Waals surface area contributed by atoms with Crippen molar-refractivity contribution in [2.45, 2.75) is 19.1 Å². The lowest BCUT2D eigenvalue weighted by Gasteiger charge is -2.37. The summed E-state index contributed by atoms with van der Waals surface area (Å²) in [5.74, 6) is 0.0813. The lowest BCUT2D eigenvalue weighted by molar-refractivity contribution is -0.0361. The Morgan fingerprint density at radius 2 is 2.37 bits per heavy atom. The van der Waals surface area contributed by atoms with E-state index >= 15 is 0 Å². The van der Waals surface area contributed by atoms with Crippen LogP contribution in [0.2, 0.25) is 0 Å². The number of nitrogens with zero attached hydrogens (tertiary/aromatic N) is 1. The standard InChI is InChI=1S/C13H15BrINO3/c1-8-7-19-10(5-14)6-16(8)13(18)9-2-3-11(15)12(17)4-9/h2-4,8,10,17H,5-7H2,1H3. The van der Waals surface area contributed by atoms with Crippen molar-refractivity contribution in [1.82, 2.24) is 4.90 Å². The van der Waals surface area contributed by atoms with Gasteiger partial charge in [-0.15, -0.1) is 0 Å². The number of phenolic OH excluding ortho intramolecular Hbond substituents is 1. The summed E-state index contributed by atoms with van der Waals surface area (Å²) in [7, 11) is 0. The minimum absolute atomic E-state index is 0.0256. The zero-order valence-corrected chi connectivity index (χ0v) is 14.2. The van der Waals surface area contributed by atoms with E-state index in [4.69, 9.17) is 4.74 Å². The number of alkyl halides is 1. The van der Waals surface area contributed by atoms with Crippen molar-refractivity contribution in [3.8, 4) is 5.75 Å². The van der Waals surface area contributed by atoms with Gasteiger partial charge in [-0.3, -0.25) is 4.79 Å². The fraction of sp³-hybridized carbons (Fsp3) is 0.462. The molecule has 4 nitrogen and oxygen atoms in total. The maximum absolute atomic E-state index is 12.5. The second-order valence-corrected chi connectivity index (χ2v) is 6.39. The average Bonchev–Trinajstić information content (AvgIpc) is 2.41. The van der Waals surface area contributed by atoms with E-state index in [1.807, 2.05) is 29.5 Å². The fourth-order valence-corrected chi connectivity index (χ4v) is 2.73. The first-order chi connectivity index (χ1) is 9.02. The van der Waals surface area contributed by atoms with Gasteiger partial charge in [-0.25, -0.2) is 0 Å². The first-order valence-electron chi connectivity index (χ1n) is 6.00. The van der Waals surface area contributed by atoms with Crippen LogP contribution in [-0.2, 0) is 4.74 Å². The Labute approximate surface area is 134 Å². The van der Waals surface area contributed by atoms with E-state index in [1.54, 1.807) is 17.0 Å². The summed E-state index contributed by atoms with van der Waals surface area (Å²) < 4.78 is 6.35. The molecule has 0 radical (unpaired) electrons. The molecule has 1 aliphatic rings. The van der Waals surface area contributed by atoms with E-state index < -0.39 is 0 Å². The molecule has 1 fully saturated rings. The summed E-state index contributed by atoms with van der Waals surface area (Å²) >= 11 is 5.41. The van der Waals surface area contributed by atoms with Crippen LogP contribution in [0, 0.1) is 3.57 Å². The lowest BCUT2D eigenvalue weighted by Crippen LogP contribution is -2.51. The Kier molecular flexibility index (Phi) is 5.08. The predicted molar refractivity (Wildman–Crippen MR) is 84.9 cm³/mol. The molecule has 1 heterocycles. The number of ether oxygens (including phenoxy) is 1. The number of rotatable bonds is 2. The minimum atomic E-state index is -0.0616. The van der Waals surface area contributed by atoms with E-state index in [1.165, 1.54) is 6.07 Å². The third-order valence-electron chi connectivity index (χ3n) is 3.13. The van der Waals surface area contributed by atoms with Gasteiger partial charge in [0.05, 0.1) is 22.3 Å². The second-order valence-electron chi connectivity index (χ2n) is 4.58. The minimum Gasteiger partial charge on any atom is -0.507 e. The van der Waals surface area contributed by atoms with E-state index in [2.05, 4.69) is 15.9 Å². The van der Waals surface area contributed by atoms with Crippen LogP contribution in [0.1, 0.15) is 17.3 Å². The number of amides is 1. The molecule has 1 aromatic carbocycles. The highest BCUT2D eigenvalue weighted by molar-refractivity contribution is 14.1. The fourth-order valence-electron chi connectivity index (χ4n) is 2.01. The smallest absolute Gasteiger partial charge is 0.254 e. The molecule has 0 aromatic heterocycles. The van der Waals surface area contributed by atoms with E-state index in [9.17, 15) is 9.90 Å². The molecule has 1 aromatic rings. The van der Waals surface area contributed by atoms with Crippen molar-refractivity contribution in [2.75, 3.05) is 18.5 Å². The summed E-state index contributed by atoms with van der Waals surface area (Å²) in [5.41, 5.74) is 0.514. The van der Waals surface area contributed by atoms with Gasteiger partial charge in [0, 0.05) is 17.4 Å². The van der Waals surface area contributed by atoms with Crippen LogP contribution in [0.4, 0.5) is 0 Å². The molecule has 0 aliphatic carbocycles. The van der Waals surface area contributed by atoms with Gasteiger partial charge in [0.15, 0.2) is 0 Å². The molecular weight excluding hydrogens is 425 g/mol. The van der Waals surface area contributed by atoms with Crippen molar-refractivity contribution in [1.29, 1.82) is 0 Å². The third-order valence-corrected chi connectivity index (χ3v) is 4.77.